The van der Waals surface area contributed by atoms with Crippen molar-refractivity contribution in [3.63, 3.8) is 0 Å². The molecule has 0 atom stereocenters. The Balaban J connectivity index is 1.60. The van der Waals surface area contributed by atoms with Crippen molar-refractivity contribution < 1.29 is 30.6 Å². The molecule has 1 saturated heterocycles. The Bertz CT molecular complexity index is 1300. The van der Waals surface area contributed by atoms with Crippen LogP contribution in [-0.2, 0) is 20.1 Å². The summed E-state index contributed by atoms with van der Waals surface area (Å²) >= 11 is 1.69. The second kappa shape index (κ2) is 8.77. The number of ether oxygens (including phenoxy) is 1. The number of benzene rings is 2. The molecule has 9 nitrogen and oxygen atoms in total. The van der Waals surface area contributed by atoms with Crippen molar-refractivity contribution >= 4 is 49.6 Å². The minimum absolute atomic E-state index is 0.0634. The Morgan fingerprint density at radius 3 is 2.62 bits per heavy atom. The Hall–Kier alpha value is -2.54. The Kier molecular flexibility index (Phi) is 6.21. The van der Waals surface area contributed by atoms with Gasteiger partial charge in [0.25, 0.3) is 5.91 Å². The van der Waals surface area contributed by atoms with Crippen LogP contribution in [0.3, 0.4) is 0 Å². The average Bonchev–Trinajstić information content (AvgIpc) is 2.79. The lowest BCUT2D eigenvalue weighted by atomic mass is 10.1. The molecule has 32 heavy (non-hydrogen) atoms. The first kappa shape index (κ1) is 22.6. The predicted molar refractivity (Wildman–Crippen MR) is 122 cm³/mol. The van der Waals surface area contributed by atoms with Crippen molar-refractivity contribution in [2.75, 3.05) is 37.0 Å². The molecule has 0 radical (unpaired) electrons. The molecule has 2 aliphatic rings. The zero-order valence-corrected chi connectivity index (χ0v) is 19.4. The minimum Gasteiger partial charge on any atom is -0.495 e. The summed E-state index contributed by atoms with van der Waals surface area (Å²) in [6.45, 7) is 0.792. The summed E-state index contributed by atoms with van der Waals surface area (Å²) in [5.74, 6) is 1.21. The number of methoxy groups -OCH3 is 1. The summed E-state index contributed by atoms with van der Waals surface area (Å²) in [7, 11) is -6.20. The Morgan fingerprint density at radius 2 is 1.91 bits per heavy atom. The molecule has 2 aliphatic heterocycles. The number of anilines is 1. The molecule has 2 aromatic rings. The number of nitrogens with zero attached hydrogens (tertiary/aromatic N) is 1. The highest BCUT2D eigenvalue weighted by Crippen LogP contribution is 2.31. The first-order chi connectivity index (χ1) is 15.2. The van der Waals surface area contributed by atoms with Gasteiger partial charge >= 0.3 is 10.1 Å². The van der Waals surface area contributed by atoms with Gasteiger partial charge in [-0.15, -0.1) is 0 Å². The van der Waals surface area contributed by atoms with E-state index in [0.29, 0.717) is 35.8 Å². The third-order valence-electron chi connectivity index (χ3n) is 4.90. The van der Waals surface area contributed by atoms with E-state index in [4.69, 9.17) is 8.92 Å². The van der Waals surface area contributed by atoms with Crippen LogP contribution in [0, 0.1) is 0 Å². The van der Waals surface area contributed by atoms with Gasteiger partial charge in [-0.25, -0.2) is 8.42 Å². The van der Waals surface area contributed by atoms with Crippen LogP contribution >= 0.6 is 11.8 Å². The monoisotopic (exact) mass is 496 g/mol. The van der Waals surface area contributed by atoms with Gasteiger partial charge in [-0.1, -0.05) is 0 Å². The Labute approximate surface area is 190 Å². The number of thioether (sulfide) groups is 1. The van der Waals surface area contributed by atoms with Gasteiger partial charge in [0.15, 0.2) is 0 Å². The molecule has 4 rings (SSSR count). The van der Waals surface area contributed by atoms with Crippen LogP contribution in [0.1, 0.15) is 15.9 Å². The maximum atomic E-state index is 13.1. The molecule has 12 heteroatoms. The van der Waals surface area contributed by atoms with Crippen molar-refractivity contribution in [3.05, 3.63) is 52.9 Å². The molecular formula is C20H20N2O7S3. The predicted octanol–water partition coefficient (Wildman–Crippen LogP) is 2.38. The molecule has 0 aliphatic carbocycles. The quantitative estimate of drug-likeness (QED) is 0.627. The van der Waals surface area contributed by atoms with Gasteiger partial charge in [0, 0.05) is 41.4 Å². The van der Waals surface area contributed by atoms with E-state index in [9.17, 15) is 21.6 Å². The lowest BCUT2D eigenvalue weighted by molar-refractivity contribution is 0.102. The summed E-state index contributed by atoms with van der Waals surface area (Å²) in [5.41, 5.74) is 1.02. The van der Waals surface area contributed by atoms with Crippen molar-refractivity contribution in [2.24, 2.45) is 0 Å². The first-order valence-corrected chi connectivity index (χ1v) is 13.6. The van der Waals surface area contributed by atoms with Gasteiger partial charge in [-0.05, 0) is 42.5 Å². The van der Waals surface area contributed by atoms with E-state index in [2.05, 4.69) is 5.32 Å². The van der Waals surface area contributed by atoms with Gasteiger partial charge in [0.2, 0.25) is 10.0 Å². The van der Waals surface area contributed by atoms with Gasteiger partial charge in [0.05, 0.1) is 12.5 Å². The van der Waals surface area contributed by atoms with Crippen LogP contribution in [0.15, 0.2) is 46.7 Å². The number of carbonyl (C=O) groups is 1. The molecule has 2 aromatic carbocycles. The number of carbonyl (C=O) groups excluding carboxylic acids is 1. The normalized spacial score (nSPS) is 17.8. The molecule has 0 saturated carbocycles. The lowest BCUT2D eigenvalue weighted by Gasteiger charge is -2.26. The van der Waals surface area contributed by atoms with Crippen molar-refractivity contribution in [3.8, 4) is 11.5 Å². The van der Waals surface area contributed by atoms with Crippen molar-refractivity contribution in [1.82, 2.24) is 4.31 Å². The third kappa shape index (κ3) is 4.63. The largest absolute Gasteiger partial charge is 0.495 e. The van der Waals surface area contributed by atoms with Crippen molar-refractivity contribution in [1.29, 1.82) is 0 Å². The van der Waals surface area contributed by atoms with Crippen LogP contribution < -0.4 is 14.2 Å². The molecule has 2 heterocycles. The summed E-state index contributed by atoms with van der Waals surface area (Å²) in [4.78, 5) is 12.8. The van der Waals surface area contributed by atoms with Gasteiger partial charge in [-0.2, -0.15) is 24.5 Å². The van der Waals surface area contributed by atoms with Crippen LogP contribution in [0.25, 0.3) is 6.08 Å². The second-order valence-electron chi connectivity index (χ2n) is 6.97. The number of fused-ring (bicyclic) bond motifs is 1. The standard InChI is InChI=1S/C20H20N2O7S3/c1-28-18-4-2-15(13-19(18)32(26,27)22-7-9-30-10-8-22)20(23)21-16-3-5-17-14(12-16)6-11-31(24,25)29-17/h2-6,11-13H,7-10H2,1H3,(H,21,23). The van der Waals surface area contributed by atoms with Crippen LogP contribution in [-0.4, -0.2) is 58.8 Å². The van der Waals surface area contributed by atoms with E-state index in [-0.39, 0.29) is 22.0 Å². The number of nitrogens with one attached hydrogen (secondary N) is 1. The highest BCUT2D eigenvalue weighted by molar-refractivity contribution is 7.99. The van der Waals surface area contributed by atoms with E-state index < -0.39 is 26.0 Å². The second-order valence-corrected chi connectivity index (χ2v) is 11.5. The summed E-state index contributed by atoms with van der Waals surface area (Å²) in [6.07, 6.45) is 1.37. The van der Waals surface area contributed by atoms with Crippen LogP contribution in [0.5, 0.6) is 11.5 Å². The molecule has 0 bridgehead atoms. The highest BCUT2D eigenvalue weighted by atomic mass is 32.2. The number of sulfonamides is 1. The highest BCUT2D eigenvalue weighted by Gasteiger charge is 2.30. The van der Waals surface area contributed by atoms with Crippen LogP contribution in [0.4, 0.5) is 5.69 Å². The fourth-order valence-corrected chi connectivity index (χ4v) is 6.82. The number of amides is 1. The van der Waals surface area contributed by atoms with Gasteiger partial charge < -0.3 is 14.2 Å². The maximum Gasteiger partial charge on any atom is 0.332 e. The molecule has 1 amide bonds. The summed E-state index contributed by atoms with van der Waals surface area (Å²) in [6, 6.07) is 8.73. The minimum atomic E-state index is -3.82. The number of hydrogen-bond acceptors (Lipinski definition) is 8. The van der Waals surface area contributed by atoms with E-state index in [0.717, 1.165) is 5.41 Å². The maximum absolute atomic E-state index is 13.1. The average molecular weight is 497 g/mol. The smallest absolute Gasteiger partial charge is 0.332 e. The number of hydrogen-bond donors (Lipinski definition) is 1. The summed E-state index contributed by atoms with van der Waals surface area (Å²) < 4.78 is 60.8. The zero-order valence-electron chi connectivity index (χ0n) is 17.0. The molecule has 170 valence electrons. The topological polar surface area (TPSA) is 119 Å². The molecule has 0 aromatic heterocycles. The lowest BCUT2D eigenvalue weighted by Crippen LogP contribution is -2.38. The molecule has 0 unspecified atom stereocenters. The van der Waals surface area contributed by atoms with Crippen LogP contribution in [0.2, 0.25) is 0 Å². The molecule has 0 spiro atoms. The van der Waals surface area contributed by atoms with Gasteiger partial charge in [0.1, 0.15) is 16.4 Å². The summed E-state index contributed by atoms with van der Waals surface area (Å²) in [5, 5.41) is 3.63. The van der Waals surface area contributed by atoms with E-state index in [1.165, 1.54) is 47.8 Å². The first-order valence-electron chi connectivity index (χ1n) is 9.53. The molecular weight excluding hydrogens is 476 g/mol. The van der Waals surface area contributed by atoms with E-state index in [1.54, 1.807) is 17.8 Å². The fourth-order valence-electron chi connectivity index (χ4n) is 3.29. The SMILES string of the molecule is COc1ccc(C(=O)Nc2ccc3c(c2)C=CS(=O)(=O)O3)cc1S(=O)(=O)N1CCSCC1. The zero-order chi connectivity index (χ0) is 22.9. The van der Waals surface area contributed by atoms with E-state index >= 15 is 0 Å². The fraction of sp³-hybridized carbons (Fsp3) is 0.250. The Morgan fingerprint density at radius 1 is 1.16 bits per heavy atom. The molecule has 1 N–H and O–H groups in total. The van der Waals surface area contributed by atoms with E-state index in [1.807, 2.05) is 0 Å². The molecule has 1 fully saturated rings. The number of rotatable bonds is 5. The van der Waals surface area contributed by atoms with Gasteiger partial charge in [-0.3, -0.25) is 4.79 Å². The third-order valence-corrected chi connectivity index (χ3v) is 8.65. The van der Waals surface area contributed by atoms with Crippen molar-refractivity contribution in [2.45, 2.75) is 4.90 Å².